The van der Waals surface area contributed by atoms with Crippen molar-refractivity contribution in [3.8, 4) is 5.75 Å². The first-order valence-corrected chi connectivity index (χ1v) is 16.1. The molecule has 1 saturated carbocycles. The van der Waals surface area contributed by atoms with E-state index in [0.29, 0.717) is 11.3 Å². The summed E-state index contributed by atoms with van der Waals surface area (Å²) in [4.78, 5) is 29.5. The summed E-state index contributed by atoms with van der Waals surface area (Å²) in [6, 6.07) is 17.9. The van der Waals surface area contributed by atoms with Gasteiger partial charge in [-0.1, -0.05) is 61.7 Å². The molecule has 230 valence electrons. The number of benzene rings is 3. The van der Waals surface area contributed by atoms with Crippen molar-refractivity contribution in [1.82, 2.24) is 10.2 Å². The molecule has 0 bridgehead atoms. The second-order valence-electron chi connectivity index (χ2n) is 10.8. The molecule has 3 aromatic rings. The van der Waals surface area contributed by atoms with E-state index in [1.807, 2.05) is 30.3 Å². The van der Waals surface area contributed by atoms with Gasteiger partial charge in [-0.2, -0.15) is 0 Å². The number of amides is 2. The van der Waals surface area contributed by atoms with Gasteiger partial charge in [0.15, 0.2) is 11.6 Å². The third kappa shape index (κ3) is 8.76. The van der Waals surface area contributed by atoms with Crippen molar-refractivity contribution in [2.24, 2.45) is 0 Å². The van der Waals surface area contributed by atoms with Crippen LogP contribution in [0, 0.1) is 11.6 Å². The first kappa shape index (κ1) is 31.9. The normalized spacial score (nSPS) is 14.5. The molecule has 0 aromatic heterocycles. The van der Waals surface area contributed by atoms with Crippen LogP contribution < -0.4 is 14.4 Å². The zero-order valence-corrected chi connectivity index (χ0v) is 25.2. The maximum atomic E-state index is 14.2. The van der Waals surface area contributed by atoms with E-state index in [-0.39, 0.29) is 30.6 Å². The molecule has 1 aliphatic carbocycles. The van der Waals surface area contributed by atoms with E-state index in [0.717, 1.165) is 66.4 Å². The predicted octanol–water partition coefficient (Wildman–Crippen LogP) is 4.83. The molecule has 1 atom stereocenters. The van der Waals surface area contributed by atoms with Gasteiger partial charge in [0.25, 0.3) is 0 Å². The molecule has 1 fully saturated rings. The van der Waals surface area contributed by atoms with Gasteiger partial charge in [0, 0.05) is 25.1 Å². The Morgan fingerprint density at radius 1 is 0.930 bits per heavy atom. The fraction of sp³-hybridized carbons (Fsp3) is 0.375. The zero-order chi connectivity index (χ0) is 31.0. The number of halogens is 2. The summed E-state index contributed by atoms with van der Waals surface area (Å²) in [6.45, 7) is -0.753. The summed E-state index contributed by atoms with van der Waals surface area (Å²) >= 11 is 0. The average Bonchev–Trinajstić information content (AvgIpc) is 2.99. The minimum Gasteiger partial charge on any atom is -0.497 e. The first-order chi connectivity index (χ1) is 20.5. The first-order valence-electron chi connectivity index (χ1n) is 14.2. The Morgan fingerprint density at radius 2 is 1.63 bits per heavy atom. The SMILES string of the molecule is COc1cccc(CN(C(=O)CN(c2ccc(F)c(F)c2)S(C)(=O)=O)[C@H](Cc2ccccc2)C(=O)NC2CCCCC2)c1. The van der Waals surface area contributed by atoms with Gasteiger partial charge in [-0.15, -0.1) is 0 Å². The molecule has 11 heteroatoms. The van der Waals surface area contributed by atoms with Gasteiger partial charge in [0.05, 0.1) is 19.1 Å². The molecule has 2 amide bonds. The van der Waals surface area contributed by atoms with Crippen molar-refractivity contribution < 1.29 is 31.5 Å². The number of anilines is 1. The van der Waals surface area contributed by atoms with E-state index in [9.17, 15) is 26.8 Å². The number of rotatable bonds is 12. The second-order valence-corrected chi connectivity index (χ2v) is 12.7. The number of hydrogen-bond acceptors (Lipinski definition) is 5. The van der Waals surface area contributed by atoms with Crippen LogP contribution in [0.1, 0.15) is 43.2 Å². The lowest BCUT2D eigenvalue weighted by molar-refractivity contribution is -0.140. The van der Waals surface area contributed by atoms with Crippen molar-refractivity contribution in [3.63, 3.8) is 0 Å². The Morgan fingerprint density at radius 3 is 2.28 bits per heavy atom. The van der Waals surface area contributed by atoms with Gasteiger partial charge in [0.1, 0.15) is 18.3 Å². The largest absolute Gasteiger partial charge is 0.497 e. The molecule has 0 spiro atoms. The van der Waals surface area contributed by atoms with Crippen LogP contribution in [0.4, 0.5) is 14.5 Å². The van der Waals surface area contributed by atoms with Crippen molar-refractivity contribution in [2.45, 2.75) is 57.2 Å². The maximum Gasteiger partial charge on any atom is 0.244 e. The summed E-state index contributed by atoms with van der Waals surface area (Å²) in [6.07, 6.45) is 5.84. The molecule has 4 rings (SSSR count). The van der Waals surface area contributed by atoms with Crippen LogP contribution in [-0.2, 0) is 32.6 Å². The van der Waals surface area contributed by atoms with Crippen molar-refractivity contribution in [1.29, 1.82) is 0 Å². The minimum atomic E-state index is -4.11. The molecular weight excluding hydrogens is 576 g/mol. The molecular formula is C32H37F2N3O5S. The number of carbonyl (C=O) groups excluding carboxylic acids is 2. The van der Waals surface area contributed by atoms with Crippen LogP contribution in [-0.4, -0.2) is 57.1 Å². The van der Waals surface area contributed by atoms with E-state index in [4.69, 9.17) is 4.74 Å². The Hall–Kier alpha value is -3.99. The summed E-state index contributed by atoms with van der Waals surface area (Å²) in [5.41, 5.74) is 1.27. The molecule has 0 radical (unpaired) electrons. The van der Waals surface area contributed by atoms with Crippen molar-refractivity contribution in [2.75, 3.05) is 24.2 Å². The summed E-state index contributed by atoms with van der Waals surface area (Å²) in [7, 11) is -2.59. The highest BCUT2D eigenvalue weighted by Gasteiger charge is 2.34. The van der Waals surface area contributed by atoms with Crippen LogP contribution in [0.5, 0.6) is 5.75 Å². The maximum absolute atomic E-state index is 14.2. The molecule has 1 aliphatic rings. The number of nitrogens with zero attached hydrogens (tertiary/aromatic N) is 2. The fourth-order valence-electron chi connectivity index (χ4n) is 5.32. The highest BCUT2D eigenvalue weighted by atomic mass is 32.2. The molecule has 0 heterocycles. The summed E-state index contributed by atoms with van der Waals surface area (Å²) in [5, 5.41) is 3.13. The van der Waals surface area contributed by atoms with Crippen LogP contribution in [0.2, 0.25) is 0 Å². The Labute approximate surface area is 251 Å². The van der Waals surface area contributed by atoms with Gasteiger partial charge >= 0.3 is 0 Å². The quantitative estimate of drug-likeness (QED) is 0.316. The topological polar surface area (TPSA) is 96.0 Å². The number of nitrogens with one attached hydrogen (secondary N) is 1. The van der Waals surface area contributed by atoms with Gasteiger partial charge < -0.3 is 15.0 Å². The van der Waals surface area contributed by atoms with Crippen LogP contribution in [0.15, 0.2) is 72.8 Å². The number of hydrogen-bond donors (Lipinski definition) is 1. The van der Waals surface area contributed by atoms with E-state index >= 15 is 0 Å². The third-order valence-corrected chi connectivity index (χ3v) is 8.72. The Balaban J connectivity index is 1.74. The molecule has 0 aliphatic heterocycles. The molecule has 8 nitrogen and oxygen atoms in total. The number of sulfonamides is 1. The van der Waals surface area contributed by atoms with E-state index in [1.54, 1.807) is 24.3 Å². The molecule has 0 saturated heterocycles. The highest BCUT2D eigenvalue weighted by molar-refractivity contribution is 7.92. The number of methoxy groups -OCH3 is 1. The summed E-state index contributed by atoms with van der Waals surface area (Å²) in [5.74, 6) is -2.87. The van der Waals surface area contributed by atoms with Crippen molar-refractivity contribution >= 4 is 27.5 Å². The van der Waals surface area contributed by atoms with Gasteiger partial charge in [-0.3, -0.25) is 13.9 Å². The number of ether oxygens (including phenoxy) is 1. The molecule has 0 unspecified atom stereocenters. The molecule has 43 heavy (non-hydrogen) atoms. The van der Waals surface area contributed by atoms with E-state index < -0.39 is 40.2 Å². The average molecular weight is 614 g/mol. The van der Waals surface area contributed by atoms with Gasteiger partial charge in [-0.25, -0.2) is 17.2 Å². The monoisotopic (exact) mass is 613 g/mol. The Kier molecular flexibility index (Phi) is 10.7. The minimum absolute atomic E-state index is 0.0250. The Bertz CT molecular complexity index is 1510. The number of carbonyl (C=O) groups is 2. The summed E-state index contributed by atoms with van der Waals surface area (Å²) < 4.78 is 59.5. The standard InChI is InChI=1S/C32H37F2N3O5S/c1-42-27-15-9-12-24(18-27)21-36(31(38)22-37(43(2,40)41)26-16-17-28(33)29(34)20-26)30(19-23-10-5-3-6-11-23)32(39)35-25-13-7-4-8-14-25/h3,5-6,9-12,15-18,20,25,30H,4,7-8,13-14,19,21-22H2,1-2H3,(H,35,39)/t30-/m1/s1. The second kappa shape index (κ2) is 14.5. The lowest BCUT2D eigenvalue weighted by Crippen LogP contribution is -2.55. The van der Waals surface area contributed by atoms with Gasteiger partial charge in [-0.05, 0) is 48.2 Å². The van der Waals surface area contributed by atoms with Crippen LogP contribution >= 0.6 is 0 Å². The highest BCUT2D eigenvalue weighted by Crippen LogP contribution is 2.24. The van der Waals surface area contributed by atoms with Crippen molar-refractivity contribution in [3.05, 3.63) is 95.6 Å². The zero-order valence-electron chi connectivity index (χ0n) is 24.3. The van der Waals surface area contributed by atoms with Gasteiger partial charge in [0.2, 0.25) is 21.8 Å². The van der Waals surface area contributed by atoms with E-state index in [1.165, 1.54) is 12.0 Å². The van der Waals surface area contributed by atoms with Crippen LogP contribution in [0.25, 0.3) is 0 Å². The molecule has 1 N–H and O–H groups in total. The predicted molar refractivity (Wildman–Crippen MR) is 161 cm³/mol. The third-order valence-electron chi connectivity index (χ3n) is 7.58. The smallest absolute Gasteiger partial charge is 0.244 e. The lowest BCUT2D eigenvalue weighted by Gasteiger charge is -2.35. The fourth-order valence-corrected chi connectivity index (χ4v) is 6.16. The molecule has 3 aromatic carbocycles. The lowest BCUT2D eigenvalue weighted by atomic mass is 9.94. The van der Waals surface area contributed by atoms with E-state index in [2.05, 4.69) is 5.32 Å². The van der Waals surface area contributed by atoms with Crippen LogP contribution in [0.3, 0.4) is 0 Å².